The molecule has 2 aliphatic heterocycles. The van der Waals surface area contributed by atoms with Gasteiger partial charge in [0.1, 0.15) is 0 Å². The number of rotatable bonds is 5. The fourth-order valence-electron chi connectivity index (χ4n) is 4.08. The molecule has 6 nitrogen and oxygen atoms in total. The Morgan fingerprint density at radius 3 is 3.04 bits per heavy atom. The molecule has 2 aliphatic rings. The van der Waals surface area contributed by atoms with Crippen molar-refractivity contribution in [1.29, 1.82) is 0 Å². The minimum Gasteiger partial charge on any atom is -0.348 e. The van der Waals surface area contributed by atoms with Gasteiger partial charge in [0.15, 0.2) is 0 Å². The third-order valence-corrected chi connectivity index (χ3v) is 5.50. The van der Waals surface area contributed by atoms with E-state index < -0.39 is 0 Å². The third kappa shape index (κ3) is 4.30. The van der Waals surface area contributed by atoms with Crippen molar-refractivity contribution in [2.45, 2.75) is 45.4 Å². The summed E-state index contributed by atoms with van der Waals surface area (Å²) in [5.74, 6) is 0.445. The van der Waals surface area contributed by atoms with Crippen LogP contribution in [0, 0.1) is 5.41 Å². The summed E-state index contributed by atoms with van der Waals surface area (Å²) in [5.41, 5.74) is 1.13. The molecule has 0 saturated carbocycles. The molecule has 3 rings (SSSR count). The summed E-state index contributed by atoms with van der Waals surface area (Å²) in [4.78, 5) is 35.9. The fraction of sp³-hybridized carbons (Fsp3) is 0.632. The number of hydrogen-bond donors (Lipinski definition) is 1. The van der Waals surface area contributed by atoms with Gasteiger partial charge in [-0.15, -0.1) is 0 Å². The van der Waals surface area contributed by atoms with Crippen molar-refractivity contribution in [2.75, 3.05) is 26.2 Å². The molecule has 0 bridgehead atoms. The van der Waals surface area contributed by atoms with Gasteiger partial charge < -0.3 is 14.8 Å². The molecule has 0 aliphatic carbocycles. The number of aromatic nitrogens is 2. The molecule has 1 N–H and O–H groups in total. The van der Waals surface area contributed by atoms with E-state index in [-0.39, 0.29) is 17.2 Å². The highest BCUT2D eigenvalue weighted by Crippen LogP contribution is 2.39. The van der Waals surface area contributed by atoms with Crippen LogP contribution in [0.2, 0.25) is 0 Å². The van der Waals surface area contributed by atoms with Crippen LogP contribution in [0.15, 0.2) is 24.7 Å². The second-order valence-corrected chi connectivity index (χ2v) is 7.33. The summed E-state index contributed by atoms with van der Waals surface area (Å²) in [6, 6.07) is 0. The second-order valence-electron chi connectivity index (χ2n) is 7.33. The minimum absolute atomic E-state index is 0.0751. The fourth-order valence-corrected chi connectivity index (χ4v) is 4.08. The van der Waals surface area contributed by atoms with E-state index in [1.54, 1.807) is 6.33 Å². The Morgan fingerprint density at radius 2 is 2.28 bits per heavy atom. The van der Waals surface area contributed by atoms with E-state index in [1.165, 1.54) is 0 Å². The van der Waals surface area contributed by atoms with E-state index >= 15 is 0 Å². The number of likely N-dealkylation sites (tertiary alicyclic amines) is 2. The number of imidazole rings is 1. The lowest BCUT2D eigenvalue weighted by Gasteiger charge is -2.48. The van der Waals surface area contributed by atoms with Crippen LogP contribution in [0.3, 0.4) is 0 Å². The summed E-state index contributed by atoms with van der Waals surface area (Å²) in [5, 5.41) is 0. The van der Waals surface area contributed by atoms with Crippen molar-refractivity contribution in [3.8, 4) is 0 Å². The summed E-state index contributed by atoms with van der Waals surface area (Å²) < 4.78 is 0. The van der Waals surface area contributed by atoms with Crippen LogP contribution >= 0.6 is 0 Å². The Balaban J connectivity index is 1.62. The van der Waals surface area contributed by atoms with Gasteiger partial charge in [0.2, 0.25) is 11.8 Å². The smallest absolute Gasteiger partial charge is 0.226 e. The first kappa shape index (κ1) is 17.7. The van der Waals surface area contributed by atoms with Gasteiger partial charge >= 0.3 is 0 Å². The average molecular weight is 344 g/mol. The molecule has 2 amide bonds. The van der Waals surface area contributed by atoms with Gasteiger partial charge in [-0.1, -0.05) is 12.2 Å². The zero-order valence-corrected chi connectivity index (χ0v) is 15.0. The average Bonchev–Trinajstić information content (AvgIpc) is 3.14. The Bertz CT molecular complexity index is 625. The maximum Gasteiger partial charge on any atom is 0.226 e. The SMILES string of the molecule is C/C=C/CC(=O)N1CCC[C@]2(CCC(=O)N(CCc3cnc[nH]3)C2)C1. The molecule has 136 valence electrons. The summed E-state index contributed by atoms with van der Waals surface area (Å²) >= 11 is 0. The quantitative estimate of drug-likeness (QED) is 0.832. The van der Waals surface area contributed by atoms with Crippen molar-refractivity contribution >= 4 is 11.8 Å². The lowest BCUT2D eigenvalue weighted by atomic mass is 9.73. The Morgan fingerprint density at radius 1 is 1.40 bits per heavy atom. The van der Waals surface area contributed by atoms with Crippen molar-refractivity contribution < 1.29 is 9.59 Å². The van der Waals surface area contributed by atoms with E-state index in [2.05, 4.69) is 9.97 Å². The highest BCUT2D eigenvalue weighted by atomic mass is 16.2. The Kier molecular flexibility index (Phi) is 5.56. The molecule has 1 atom stereocenters. The number of amides is 2. The molecular formula is C19H28N4O2. The Labute approximate surface area is 149 Å². The molecule has 1 spiro atoms. The number of carbonyl (C=O) groups excluding carboxylic acids is 2. The van der Waals surface area contributed by atoms with E-state index in [4.69, 9.17) is 0 Å². The highest BCUT2D eigenvalue weighted by molar-refractivity contribution is 5.78. The molecular weight excluding hydrogens is 316 g/mol. The molecule has 0 unspecified atom stereocenters. The Hall–Kier alpha value is -2.11. The first-order valence-electron chi connectivity index (χ1n) is 9.26. The van der Waals surface area contributed by atoms with Crippen LogP contribution in [-0.2, 0) is 16.0 Å². The lowest BCUT2D eigenvalue weighted by Crippen LogP contribution is -2.55. The van der Waals surface area contributed by atoms with Crippen LogP contribution < -0.4 is 0 Å². The standard InChI is InChI=1S/C19H28N4O2/c1-2-3-5-17(24)22-10-4-8-19(13-22)9-6-18(25)23(14-19)11-7-16-12-20-15-21-16/h2-3,12,15H,4-11,13-14H2,1H3,(H,20,21)/b3-2+/t19-/m0/s1. The summed E-state index contributed by atoms with van der Waals surface area (Å²) in [6.07, 6.45) is 12.2. The predicted molar refractivity (Wildman–Crippen MR) is 95.8 cm³/mol. The molecule has 3 heterocycles. The van der Waals surface area contributed by atoms with Gasteiger partial charge in [-0.3, -0.25) is 9.59 Å². The van der Waals surface area contributed by atoms with E-state index in [9.17, 15) is 9.59 Å². The number of aromatic amines is 1. The van der Waals surface area contributed by atoms with Crippen molar-refractivity contribution in [1.82, 2.24) is 19.8 Å². The van der Waals surface area contributed by atoms with Gasteiger partial charge in [0.25, 0.3) is 0 Å². The van der Waals surface area contributed by atoms with Crippen LogP contribution in [0.4, 0.5) is 0 Å². The molecule has 2 fully saturated rings. The number of allylic oxidation sites excluding steroid dienone is 1. The number of nitrogens with zero attached hydrogens (tertiary/aromatic N) is 3. The van der Waals surface area contributed by atoms with E-state index in [1.807, 2.05) is 35.1 Å². The van der Waals surface area contributed by atoms with Crippen LogP contribution in [-0.4, -0.2) is 57.8 Å². The van der Waals surface area contributed by atoms with Gasteiger partial charge in [0, 0.05) is 62.7 Å². The molecule has 1 aromatic heterocycles. The lowest BCUT2D eigenvalue weighted by molar-refractivity contribution is -0.142. The van der Waals surface area contributed by atoms with Crippen LogP contribution in [0.1, 0.15) is 44.7 Å². The first-order chi connectivity index (χ1) is 12.1. The molecule has 6 heteroatoms. The minimum atomic E-state index is 0.0751. The van der Waals surface area contributed by atoms with Crippen molar-refractivity contribution in [2.24, 2.45) is 5.41 Å². The zero-order chi connectivity index (χ0) is 17.7. The zero-order valence-electron chi connectivity index (χ0n) is 15.0. The van der Waals surface area contributed by atoms with Gasteiger partial charge in [0.05, 0.1) is 6.33 Å². The highest BCUT2D eigenvalue weighted by Gasteiger charge is 2.42. The topological polar surface area (TPSA) is 69.3 Å². The van der Waals surface area contributed by atoms with Gasteiger partial charge in [-0.25, -0.2) is 4.98 Å². The first-order valence-corrected chi connectivity index (χ1v) is 9.26. The third-order valence-electron chi connectivity index (χ3n) is 5.50. The van der Waals surface area contributed by atoms with Gasteiger partial charge in [-0.2, -0.15) is 0 Å². The predicted octanol–water partition coefficient (Wildman–Crippen LogP) is 2.15. The molecule has 2 saturated heterocycles. The van der Waals surface area contributed by atoms with E-state index in [0.29, 0.717) is 12.8 Å². The number of nitrogens with one attached hydrogen (secondary N) is 1. The maximum atomic E-state index is 12.4. The van der Waals surface area contributed by atoms with Crippen molar-refractivity contribution in [3.63, 3.8) is 0 Å². The van der Waals surface area contributed by atoms with Crippen LogP contribution in [0.5, 0.6) is 0 Å². The number of H-pyrrole nitrogens is 1. The second kappa shape index (κ2) is 7.85. The normalized spacial score (nSPS) is 24.4. The van der Waals surface area contributed by atoms with Crippen molar-refractivity contribution in [3.05, 3.63) is 30.4 Å². The number of hydrogen-bond acceptors (Lipinski definition) is 3. The van der Waals surface area contributed by atoms with Gasteiger partial charge in [-0.05, 0) is 26.2 Å². The monoisotopic (exact) mass is 344 g/mol. The summed E-state index contributed by atoms with van der Waals surface area (Å²) in [6.45, 7) is 5.06. The number of piperidine rings is 2. The maximum absolute atomic E-state index is 12.4. The molecule has 0 aromatic carbocycles. The number of carbonyl (C=O) groups is 2. The summed E-state index contributed by atoms with van der Waals surface area (Å²) in [7, 11) is 0. The molecule has 25 heavy (non-hydrogen) atoms. The molecule has 1 aromatic rings. The van der Waals surface area contributed by atoms with E-state index in [0.717, 1.165) is 57.6 Å². The largest absolute Gasteiger partial charge is 0.348 e. The molecule has 0 radical (unpaired) electrons. The van der Waals surface area contributed by atoms with Crippen LogP contribution in [0.25, 0.3) is 0 Å².